The minimum absolute atomic E-state index is 0.308. The first-order valence-electron chi connectivity index (χ1n) is 10.6. The Kier molecular flexibility index (Phi) is 5.55. The quantitative estimate of drug-likeness (QED) is 0.488. The van der Waals surface area contributed by atoms with Crippen LogP contribution in [0.1, 0.15) is 17.1 Å². The number of nitrogens with zero attached hydrogens (tertiary/aromatic N) is 6. The predicted molar refractivity (Wildman–Crippen MR) is 128 cm³/mol. The first kappa shape index (κ1) is 21.5. The van der Waals surface area contributed by atoms with Crippen molar-refractivity contribution in [3.8, 4) is 16.9 Å². The monoisotopic (exact) mass is 465 g/mol. The summed E-state index contributed by atoms with van der Waals surface area (Å²) in [7, 11) is 3.87. The lowest BCUT2D eigenvalue weighted by atomic mass is 10.0. The van der Waals surface area contributed by atoms with Gasteiger partial charge in [0, 0.05) is 23.9 Å². The van der Waals surface area contributed by atoms with E-state index < -0.39 is 5.82 Å². The third-order valence-electron chi connectivity index (χ3n) is 5.44. The van der Waals surface area contributed by atoms with Crippen molar-refractivity contribution in [3.05, 3.63) is 53.4 Å². The number of halogens is 1. The molecule has 0 atom stereocenters. The van der Waals surface area contributed by atoms with Crippen LogP contribution in [0.5, 0.6) is 5.75 Å². The standard InChI is InChI=1S/C23H24FN7OS/c1-13-20(24)21(29-19(27-13)12-30(2)3)31-6-7-32-18-5-4-14(8-16(18)11-31)15-9-17-22(26-10-15)33-23(25)28-17/h4-5,8-10H,6-7,11-12H2,1-3H3,(H2,25,28). The number of aryl methyl sites for hydroxylation is 1. The van der Waals surface area contributed by atoms with Crippen LogP contribution >= 0.6 is 11.3 Å². The molecule has 0 aliphatic carbocycles. The van der Waals surface area contributed by atoms with Gasteiger partial charge in [-0.15, -0.1) is 0 Å². The molecule has 0 spiro atoms. The van der Waals surface area contributed by atoms with E-state index in [4.69, 9.17) is 10.5 Å². The van der Waals surface area contributed by atoms with Gasteiger partial charge in [-0.1, -0.05) is 17.4 Å². The van der Waals surface area contributed by atoms with Crippen molar-refractivity contribution in [1.82, 2.24) is 24.8 Å². The summed E-state index contributed by atoms with van der Waals surface area (Å²) in [5, 5.41) is 0.497. The summed E-state index contributed by atoms with van der Waals surface area (Å²) >= 11 is 1.36. The zero-order chi connectivity index (χ0) is 23.1. The number of hydrogen-bond acceptors (Lipinski definition) is 9. The molecule has 2 N–H and O–H groups in total. The highest BCUT2D eigenvalue weighted by molar-refractivity contribution is 7.21. The largest absolute Gasteiger partial charge is 0.491 e. The highest BCUT2D eigenvalue weighted by Crippen LogP contribution is 2.33. The number of nitrogen functional groups attached to an aromatic ring is 1. The van der Waals surface area contributed by atoms with E-state index in [-0.39, 0.29) is 0 Å². The van der Waals surface area contributed by atoms with Crippen molar-refractivity contribution in [2.24, 2.45) is 0 Å². The molecule has 0 saturated heterocycles. The molecular weight excluding hydrogens is 441 g/mol. The highest BCUT2D eigenvalue weighted by Gasteiger charge is 2.23. The smallest absolute Gasteiger partial charge is 0.186 e. The molecule has 0 amide bonds. The van der Waals surface area contributed by atoms with E-state index in [1.54, 1.807) is 6.92 Å². The molecule has 1 aliphatic heterocycles. The van der Waals surface area contributed by atoms with Crippen molar-refractivity contribution in [3.63, 3.8) is 0 Å². The van der Waals surface area contributed by atoms with Crippen LogP contribution in [0.2, 0.25) is 0 Å². The second-order valence-electron chi connectivity index (χ2n) is 8.29. The molecule has 1 aromatic carbocycles. The summed E-state index contributed by atoms with van der Waals surface area (Å²) in [5.74, 6) is 1.29. The van der Waals surface area contributed by atoms with Crippen LogP contribution < -0.4 is 15.4 Å². The lowest BCUT2D eigenvalue weighted by Crippen LogP contribution is -2.28. The van der Waals surface area contributed by atoms with Crippen molar-refractivity contribution < 1.29 is 9.13 Å². The van der Waals surface area contributed by atoms with Crippen LogP contribution in [0.25, 0.3) is 21.5 Å². The molecule has 4 aromatic rings. The molecule has 0 unspecified atom stereocenters. The van der Waals surface area contributed by atoms with E-state index in [2.05, 4.69) is 26.0 Å². The fourth-order valence-electron chi connectivity index (χ4n) is 3.92. The first-order valence-corrected chi connectivity index (χ1v) is 11.4. The van der Waals surface area contributed by atoms with Gasteiger partial charge in [-0.05, 0) is 44.8 Å². The molecule has 8 nitrogen and oxygen atoms in total. The van der Waals surface area contributed by atoms with Gasteiger partial charge in [0.25, 0.3) is 0 Å². The molecule has 3 aromatic heterocycles. The van der Waals surface area contributed by atoms with Crippen LogP contribution in [-0.2, 0) is 13.1 Å². The van der Waals surface area contributed by atoms with Gasteiger partial charge < -0.3 is 20.3 Å². The fraction of sp³-hybridized carbons (Fsp3) is 0.304. The summed E-state index contributed by atoms with van der Waals surface area (Å²) in [6.07, 6.45) is 1.82. The minimum Gasteiger partial charge on any atom is -0.491 e. The van der Waals surface area contributed by atoms with Crippen LogP contribution in [0.3, 0.4) is 0 Å². The Balaban J connectivity index is 1.50. The van der Waals surface area contributed by atoms with Gasteiger partial charge in [0.15, 0.2) is 16.8 Å². The maximum Gasteiger partial charge on any atom is 0.186 e. The molecule has 0 radical (unpaired) electrons. The number of benzene rings is 1. The van der Waals surface area contributed by atoms with Crippen LogP contribution in [0.4, 0.5) is 15.3 Å². The molecule has 33 heavy (non-hydrogen) atoms. The third-order valence-corrected chi connectivity index (χ3v) is 6.25. The number of aromatic nitrogens is 4. The van der Waals surface area contributed by atoms with E-state index in [9.17, 15) is 0 Å². The molecule has 0 bridgehead atoms. The van der Waals surface area contributed by atoms with Gasteiger partial charge in [0.1, 0.15) is 28.5 Å². The van der Waals surface area contributed by atoms with Crippen molar-refractivity contribution in [2.75, 3.05) is 37.9 Å². The predicted octanol–water partition coefficient (Wildman–Crippen LogP) is 3.64. The summed E-state index contributed by atoms with van der Waals surface area (Å²) in [6, 6.07) is 7.98. The summed E-state index contributed by atoms with van der Waals surface area (Å²) in [5.41, 5.74) is 9.80. The van der Waals surface area contributed by atoms with Gasteiger partial charge in [-0.25, -0.2) is 24.3 Å². The van der Waals surface area contributed by atoms with E-state index in [1.807, 2.05) is 48.3 Å². The summed E-state index contributed by atoms with van der Waals surface area (Å²) in [6.45, 7) is 3.63. The molecule has 10 heteroatoms. The van der Waals surface area contributed by atoms with Crippen LogP contribution in [0.15, 0.2) is 30.5 Å². The maximum atomic E-state index is 15.1. The Hall–Kier alpha value is -3.37. The lowest BCUT2D eigenvalue weighted by molar-refractivity contribution is 0.331. The number of rotatable bonds is 4. The normalized spacial score (nSPS) is 13.8. The average molecular weight is 466 g/mol. The fourth-order valence-corrected chi connectivity index (χ4v) is 4.57. The zero-order valence-electron chi connectivity index (χ0n) is 18.7. The van der Waals surface area contributed by atoms with Gasteiger partial charge >= 0.3 is 0 Å². The second kappa shape index (κ2) is 8.53. The first-order chi connectivity index (χ1) is 15.9. The van der Waals surface area contributed by atoms with Gasteiger partial charge in [-0.2, -0.15) is 0 Å². The summed E-state index contributed by atoms with van der Waals surface area (Å²) in [4.78, 5) is 22.4. The highest BCUT2D eigenvalue weighted by atomic mass is 32.1. The van der Waals surface area contributed by atoms with E-state index in [1.165, 1.54) is 11.3 Å². The van der Waals surface area contributed by atoms with Crippen molar-refractivity contribution in [2.45, 2.75) is 20.0 Å². The van der Waals surface area contributed by atoms with Crippen LogP contribution in [-0.4, -0.2) is 52.1 Å². The molecule has 0 fully saturated rings. The maximum absolute atomic E-state index is 15.1. The van der Waals surface area contributed by atoms with E-state index in [0.29, 0.717) is 48.7 Å². The third kappa shape index (κ3) is 4.31. The molecule has 170 valence electrons. The number of ether oxygens (including phenoxy) is 1. The Labute approximate surface area is 194 Å². The minimum atomic E-state index is -0.395. The van der Waals surface area contributed by atoms with Crippen molar-refractivity contribution >= 4 is 32.6 Å². The SMILES string of the molecule is Cc1nc(CN(C)C)nc(N2CCOc3ccc(-c4cnc5sc(N)nc5c4)cc3C2)c1F. The summed E-state index contributed by atoms with van der Waals surface area (Å²) < 4.78 is 21.0. The zero-order valence-corrected chi connectivity index (χ0v) is 19.5. The van der Waals surface area contributed by atoms with Gasteiger partial charge in [-0.3, -0.25) is 0 Å². The van der Waals surface area contributed by atoms with E-state index in [0.717, 1.165) is 32.8 Å². The second-order valence-corrected chi connectivity index (χ2v) is 9.30. The lowest BCUT2D eigenvalue weighted by Gasteiger charge is -2.23. The Bertz CT molecular complexity index is 1340. The Morgan fingerprint density at radius 2 is 2.03 bits per heavy atom. The number of thiazole rings is 1. The van der Waals surface area contributed by atoms with E-state index >= 15 is 4.39 Å². The topological polar surface area (TPSA) is 93.3 Å². The average Bonchev–Trinajstić information content (AvgIpc) is 3.01. The van der Waals surface area contributed by atoms with Crippen molar-refractivity contribution in [1.29, 1.82) is 0 Å². The molecule has 4 heterocycles. The van der Waals surface area contributed by atoms with Crippen LogP contribution in [0, 0.1) is 12.7 Å². The molecular formula is C23H24FN7OS. The number of pyridine rings is 1. The number of fused-ring (bicyclic) bond motifs is 2. The van der Waals surface area contributed by atoms with Gasteiger partial charge in [0.2, 0.25) is 0 Å². The Morgan fingerprint density at radius 3 is 2.85 bits per heavy atom. The molecule has 0 saturated carbocycles. The Morgan fingerprint density at radius 1 is 1.18 bits per heavy atom. The molecule has 1 aliphatic rings. The number of hydrogen-bond donors (Lipinski definition) is 1. The van der Waals surface area contributed by atoms with Gasteiger partial charge in [0.05, 0.1) is 18.8 Å². The number of nitrogens with two attached hydrogens (primary N) is 1. The number of anilines is 2. The molecule has 5 rings (SSSR count).